The van der Waals surface area contributed by atoms with Crippen molar-refractivity contribution in [2.45, 2.75) is 25.2 Å². The Balaban J connectivity index is 1.64. The Morgan fingerprint density at radius 1 is 1.41 bits per heavy atom. The van der Waals surface area contributed by atoms with Gasteiger partial charge in [0.2, 0.25) is 0 Å². The quantitative estimate of drug-likeness (QED) is 0.646. The van der Waals surface area contributed by atoms with Crippen LogP contribution in [-0.4, -0.2) is 50.0 Å². The molecule has 0 bridgehead atoms. The Kier molecular flexibility index (Phi) is 6.58. The molecular weight excluding hydrogens is 296 g/mol. The number of amides is 2. The first kappa shape index (κ1) is 17.2. The number of urea groups is 1. The molecule has 1 aromatic carbocycles. The van der Waals surface area contributed by atoms with E-state index in [1.807, 2.05) is 7.05 Å². The molecule has 122 valence electrons. The van der Waals surface area contributed by atoms with Gasteiger partial charge in [-0.05, 0) is 43.5 Å². The molecule has 0 saturated carbocycles. The minimum Gasteiger partial charge on any atom is -0.381 e. The van der Waals surface area contributed by atoms with Crippen LogP contribution in [0.15, 0.2) is 23.1 Å². The van der Waals surface area contributed by atoms with Crippen LogP contribution in [0.1, 0.15) is 17.5 Å². The third-order valence-corrected chi connectivity index (χ3v) is 5.02. The highest BCUT2D eigenvalue weighted by atomic mass is 32.2. The van der Waals surface area contributed by atoms with E-state index in [0.717, 1.165) is 31.9 Å². The van der Waals surface area contributed by atoms with E-state index >= 15 is 0 Å². The zero-order valence-corrected chi connectivity index (χ0v) is 14.5. The zero-order chi connectivity index (χ0) is 15.9. The molecule has 5 heteroatoms. The Hall–Kier alpha value is -1.20. The van der Waals surface area contributed by atoms with Gasteiger partial charge in [-0.15, -0.1) is 11.8 Å². The lowest BCUT2D eigenvalue weighted by Gasteiger charge is -2.20. The number of hydrogen-bond donors (Lipinski definition) is 1. The molecule has 1 fully saturated rings. The lowest BCUT2D eigenvalue weighted by atomic mass is 10.1. The molecule has 1 heterocycles. The highest BCUT2D eigenvalue weighted by Gasteiger charge is 2.19. The fourth-order valence-electron chi connectivity index (χ4n) is 2.46. The average molecular weight is 322 g/mol. The molecule has 1 aliphatic heterocycles. The van der Waals surface area contributed by atoms with Crippen LogP contribution >= 0.6 is 11.8 Å². The second-order valence-corrected chi connectivity index (χ2v) is 7.10. The van der Waals surface area contributed by atoms with Crippen molar-refractivity contribution in [2.75, 3.05) is 39.1 Å². The van der Waals surface area contributed by atoms with Gasteiger partial charge in [0.15, 0.2) is 0 Å². The van der Waals surface area contributed by atoms with Crippen LogP contribution in [0.5, 0.6) is 0 Å². The monoisotopic (exact) mass is 322 g/mol. The first-order chi connectivity index (χ1) is 10.6. The van der Waals surface area contributed by atoms with Crippen LogP contribution in [0.4, 0.5) is 4.79 Å². The molecule has 1 aromatic rings. The predicted octanol–water partition coefficient (Wildman–Crippen LogP) is 3.07. The maximum atomic E-state index is 12.0. The zero-order valence-electron chi connectivity index (χ0n) is 13.7. The highest BCUT2D eigenvalue weighted by molar-refractivity contribution is 7.99. The van der Waals surface area contributed by atoms with Crippen molar-refractivity contribution in [1.82, 2.24) is 10.2 Å². The molecule has 2 amide bonds. The first-order valence-corrected chi connectivity index (χ1v) is 8.81. The van der Waals surface area contributed by atoms with E-state index in [2.05, 4.69) is 37.4 Å². The maximum absolute atomic E-state index is 12.0. The number of thioether (sulfide) groups is 1. The van der Waals surface area contributed by atoms with Gasteiger partial charge in [-0.25, -0.2) is 4.79 Å². The van der Waals surface area contributed by atoms with Crippen molar-refractivity contribution >= 4 is 17.8 Å². The molecule has 0 unspecified atom stereocenters. The molecule has 4 nitrogen and oxygen atoms in total. The lowest BCUT2D eigenvalue weighted by molar-refractivity contribution is 0.171. The molecule has 1 aliphatic rings. The van der Waals surface area contributed by atoms with Crippen LogP contribution in [-0.2, 0) is 4.74 Å². The predicted molar refractivity (Wildman–Crippen MR) is 91.6 cm³/mol. The van der Waals surface area contributed by atoms with Gasteiger partial charge in [0, 0.05) is 43.3 Å². The largest absolute Gasteiger partial charge is 0.381 e. The number of nitrogens with zero attached hydrogens (tertiary/aromatic N) is 1. The van der Waals surface area contributed by atoms with E-state index in [1.54, 1.807) is 16.7 Å². The van der Waals surface area contributed by atoms with Gasteiger partial charge in [-0.3, -0.25) is 0 Å². The molecule has 1 atom stereocenters. The summed E-state index contributed by atoms with van der Waals surface area (Å²) in [5, 5.41) is 2.98. The van der Waals surface area contributed by atoms with Crippen LogP contribution in [0.25, 0.3) is 0 Å². The maximum Gasteiger partial charge on any atom is 0.317 e. The van der Waals surface area contributed by atoms with Gasteiger partial charge in [-0.1, -0.05) is 6.07 Å². The van der Waals surface area contributed by atoms with Crippen molar-refractivity contribution in [2.24, 2.45) is 5.92 Å². The standard InChI is InChI=1S/C17H26N2O2S/c1-13-4-5-16(10-14(13)2)22-9-7-18-17(20)19(3)11-15-6-8-21-12-15/h4-5,10,15H,6-9,11-12H2,1-3H3,(H,18,20)/t15-/m0/s1. The van der Waals surface area contributed by atoms with Gasteiger partial charge in [0.05, 0.1) is 6.61 Å². The fraction of sp³-hybridized carbons (Fsp3) is 0.588. The number of carbonyl (C=O) groups excluding carboxylic acids is 1. The second-order valence-electron chi connectivity index (χ2n) is 5.94. The van der Waals surface area contributed by atoms with Crippen LogP contribution in [0.2, 0.25) is 0 Å². The average Bonchev–Trinajstić information content (AvgIpc) is 2.99. The van der Waals surface area contributed by atoms with Crippen LogP contribution < -0.4 is 5.32 Å². The van der Waals surface area contributed by atoms with E-state index in [-0.39, 0.29) is 6.03 Å². The van der Waals surface area contributed by atoms with Crippen LogP contribution in [0.3, 0.4) is 0 Å². The summed E-state index contributed by atoms with van der Waals surface area (Å²) < 4.78 is 5.34. The summed E-state index contributed by atoms with van der Waals surface area (Å²) in [7, 11) is 1.85. The summed E-state index contributed by atoms with van der Waals surface area (Å²) in [6, 6.07) is 6.50. The van der Waals surface area contributed by atoms with Gasteiger partial charge >= 0.3 is 6.03 Å². The van der Waals surface area contributed by atoms with E-state index in [0.29, 0.717) is 12.5 Å². The van der Waals surface area contributed by atoms with E-state index in [1.165, 1.54) is 16.0 Å². The normalized spacial score (nSPS) is 17.5. The van der Waals surface area contributed by atoms with Crippen molar-refractivity contribution in [3.8, 4) is 0 Å². The highest BCUT2D eigenvalue weighted by Crippen LogP contribution is 2.20. The Morgan fingerprint density at radius 2 is 2.23 bits per heavy atom. The van der Waals surface area contributed by atoms with Gasteiger partial charge in [-0.2, -0.15) is 0 Å². The lowest BCUT2D eigenvalue weighted by Crippen LogP contribution is -2.40. The molecule has 1 saturated heterocycles. The molecule has 0 aromatic heterocycles. The molecule has 0 aliphatic carbocycles. The smallest absolute Gasteiger partial charge is 0.317 e. The number of benzene rings is 1. The number of nitrogens with one attached hydrogen (secondary N) is 1. The third-order valence-electron chi connectivity index (χ3n) is 4.03. The van der Waals surface area contributed by atoms with Gasteiger partial charge < -0.3 is 15.0 Å². The van der Waals surface area contributed by atoms with E-state index in [4.69, 9.17) is 4.74 Å². The van der Waals surface area contributed by atoms with Crippen molar-refractivity contribution in [1.29, 1.82) is 0 Å². The molecule has 0 radical (unpaired) electrons. The summed E-state index contributed by atoms with van der Waals surface area (Å²) in [6.45, 7) is 7.31. The van der Waals surface area contributed by atoms with E-state index < -0.39 is 0 Å². The fourth-order valence-corrected chi connectivity index (χ4v) is 3.33. The number of aryl methyl sites for hydroxylation is 2. The Labute approximate surface area is 137 Å². The van der Waals surface area contributed by atoms with Crippen molar-refractivity contribution in [3.63, 3.8) is 0 Å². The molecule has 2 rings (SSSR count). The van der Waals surface area contributed by atoms with E-state index in [9.17, 15) is 4.79 Å². The summed E-state index contributed by atoms with van der Waals surface area (Å²) in [5.41, 5.74) is 2.63. The minimum atomic E-state index is 0.00702. The molecule has 22 heavy (non-hydrogen) atoms. The van der Waals surface area contributed by atoms with Gasteiger partial charge in [0.25, 0.3) is 0 Å². The van der Waals surface area contributed by atoms with Gasteiger partial charge in [0.1, 0.15) is 0 Å². The molecule has 0 spiro atoms. The minimum absolute atomic E-state index is 0.00702. The third kappa shape index (κ3) is 5.21. The second kappa shape index (κ2) is 8.44. The number of ether oxygens (including phenoxy) is 1. The summed E-state index contributed by atoms with van der Waals surface area (Å²) in [6.07, 6.45) is 1.06. The summed E-state index contributed by atoms with van der Waals surface area (Å²) in [5.74, 6) is 1.37. The first-order valence-electron chi connectivity index (χ1n) is 7.83. The van der Waals surface area contributed by atoms with Crippen molar-refractivity contribution < 1.29 is 9.53 Å². The van der Waals surface area contributed by atoms with Crippen LogP contribution in [0, 0.1) is 19.8 Å². The Morgan fingerprint density at radius 3 is 2.91 bits per heavy atom. The topological polar surface area (TPSA) is 41.6 Å². The van der Waals surface area contributed by atoms with Crippen molar-refractivity contribution in [3.05, 3.63) is 29.3 Å². The molecular formula is C17H26N2O2S. The number of rotatable bonds is 6. The SMILES string of the molecule is Cc1ccc(SCCNC(=O)N(C)C[C@@H]2CCOC2)cc1C. The molecule has 1 N–H and O–H groups in total. The summed E-state index contributed by atoms with van der Waals surface area (Å²) in [4.78, 5) is 15.0. The summed E-state index contributed by atoms with van der Waals surface area (Å²) >= 11 is 1.78. The number of hydrogen-bond acceptors (Lipinski definition) is 3. The number of carbonyl (C=O) groups is 1. The Bertz CT molecular complexity index is 501.